The zero-order valence-corrected chi connectivity index (χ0v) is 20.4. The van der Waals surface area contributed by atoms with Gasteiger partial charge in [-0.15, -0.1) is 0 Å². The molecule has 0 aliphatic heterocycles. The minimum absolute atomic E-state index is 0.0242. The predicted octanol–water partition coefficient (Wildman–Crippen LogP) is 4.21. The fourth-order valence-electron chi connectivity index (χ4n) is 3.76. The van der Waals surface area contributed by atoms with Crippen molar-refractivity contribution in [2.45, 2.75) is 24.8 Å². The lowest BCUT2D eigenvalue weighted by molar-refractivity contribution is -0.385. The summed E-state index contributed by atoms with van der Waals surface area (Å²) in [5.41, 5.74) is 1.41. The monoisotopic (exact) mass is 496 g/mol. The third kappa shape index (κ3) is 6.65. The van der Waals surface area contributed by atoms with E-state index in [1.165, 1.54) is 42.5 Å². The Balaban J connectivity index is 1.68. The molecule has 0 saturated carbocycles. The molecule has 10 heteroatoms. The summed E-state index contributed by atoms with van der Waals surface area (Å²) in [6.45, 7) is 6.26. The number of nitro benzene ring substituents is 1. The van der Waals surface area contributed by atoms with E-state index >= 15 is 0 Å². The van der Waals surface area contributed by atoms with Gasteiger partial charge in [0.2, 0.25) is 0 Å². The highest BCUT2D eigenvalue weighted by atomic mass is 32.2. The molecular formula is C25H28N4O5S. The van der Waals surface area contributed by atoms with Gasteiger partial charge in [-0.25, -0.2) is 8.42 Å². The van der Waals surface area contributed by atoms with Crippen LogP contribution in [0.5, 0.6) is 0 Å². The van der Waals surface area contributed by atoms with E-state index in [9.17, 15) is 23.3 Å². The Kier molecular flexibility index (Phi) is 8.56. The van der Waals surface area contributed by atoms with Crippen LogP contribution in [0.25, 0.3) is 0 Å². The zero-order valence-electron chi connectivity index (χ0n) is 19.5. The summed E-state index contributed by atoms with van der Waals surface area (Å²) < 4.78 is 27.6. The van der Waals surface area contributed by atoms with Crippen LogP contribution in [0.15, 0.2) is 83.8 Å². The van der Waals surface area contributed by atoms with Gasteiger partial charge in [0.15, 0.2) is 0 Å². The maximum atomic E-state index is 12.8. The van der Waals surface area contributed by atoms with Crippen molar-refractivity contribution in [2.75, 3.05) is 24.4 Å². The molecule has 3 aromatic rings. The van der Waals surface area contributed by atoms with Crippen LogP contribution in [0.4, 0.5) is 11.4 Å². The molecule has 184 valence electrons. The van der Waals surface area contributed by atoms with Crippen molar-refractivity contribution >= 4 is 27.3 Å². The second-order valence-electron chi connectivity index (χ2n) is 7.80. The summed E-state index contributed by atoms with van der Waals surface area (Å²) in [7, 11) is -4.03. The first-order chi connectivity index (χ1) is 16.7. The molecule has 0 heterocycles. The summed E-state index contributed by atoms with van der Waals surface area (Å²) in [6.07, 6.45) is 0. The maximum Gasteiger partial charge on any atom is 0.270 e. The van der Waals surface area contributed by atoms with E-state index < -0.39 is 14.9 Å². The van der Waals surface area contributed by atoms with Crippen LogP contribution in [-0.4, -0.2) is 43.8 Å². The average Bonchev–Trinajstić information content (AvgIpc) is 2.87. The third-order valence-corrected chi connectivity index (χ3v) is 7.01. The second kappa shape index (κ2) is 11.6. The fourth-order valence-corrected chi connectivity index (χ4v) is 4.85. The fraction of sp³-hybridized carbons (Fsp3) is 0.240. The highest BCUT2D eigenvalue weighted by Gasteiger charge is 2.20. The van der Waals surface area contributed by atoms with E-state index in [-0.39, 0.29) is 28.2 Å². The molecule has 0 aliphatic carbocycles. The Morgan fingerprint density at radius 2 is 1.63 bits per heavy atom. The first-order valence-electron chi connectivity index (χ1n) is 11.2. The number of likely N-dealkylation sites (N-methyl/N-ethyl adjacent to an activating group) is 1. The number of carbonyl (C=O) groups is 1. The number of nitro groups is 1. The van der Waals surface area contributed by atoms with Crippen LogP contribution in [0, 0.1) is 10.1 Å². The summed E-state index contributed by atoms with van der Waals surface area (Å²) in [5, 5.41) is 13.9. The normalized spacial score (nSPS) is 12.2. The number of benzene rings is 3. The lowest BCUT2D eigenvalue weighted by atomic mass is 10.0. The van der Waals surface area contributed by atoms with Crippen LogP contribution in [0.2, 0.25) is 0 Å². The van der Waals surface area contributed by atoms with Crippen molar-refractivity contribution in [3.8, 4) is 0 Å². The van der Waals surface area contributed by atoms with Crippen LogP contribution in [0.1, 0.15) is 35.8 Å². The van der Waals surface area contributed by atoms with Crippen molar-refractivity contribution in [3.63, 3.8) is 0 Å². The molecule has 0 bridgehead atoms. The number of sulfonamides is 1. The lowest BCUT2D eigenvalue weighted by Gasteiger charge is -2.30. The Morgan fingerprint density at radius 1 is 0.971 bits per heavy atom. The highest BCUT2D eigenvalue weighted by molar-refractivity contribution is 7.92. The molecule has 0 radical (unpaired) electrons. The van der Waals surface area contributed by atoms with Crippen LogP contribution in [0.3, 0.4) is 0 Å². The van der Waals surface area contributed by atoms with Crippen molar-refractivity contribution in [1.29, 1.82) is 0 Å². The van der Waals surface area contributed by atoms with E-state index in [2.05, 4.69) is 28.8 Å². The van der Waals surface area contributed by atoms with E-state index in [1.807, 2.05) is 30.3 Å². The average molecular weight is 497 g/mol. The minimum Gasteiger partial charge on any atom is -0.350 e. The first kappa shape index (κ1) is 25.9. The SMILES string of the molecule is CCN(CC)C(CNC(=O)c1ccc(NS(=O)(=O)c2cccc([N+](=O)[O-])c2)cc1)c1ccccc1. The van der Waals surface area contributed by atoms with E-state index in [0.717, 1.165) is 24.7 Å². The molecule has 9 nitrogen and oxygen atoms in total. The molecule has 3 rings (SSSR count). The molecule has 35 heavy (non-hydrogen) atoms. The number of nitrogens with zero attached hydrogens (tertiary/aromatic N) is 2. The standard InChI is InChI=1S/C25H28N4O5S/c1-3-28(4-2)24(19-9-6-5-7-10-19)18-26-25(30)20-13-15-21(16-14-20)27-35(33,34)23-12-8-11-22(17-23)29(31)32/h5-17,24,27H,3-4,18H2,1-2H3,(H,26,30). The molecule has 0 aliphatic rings. The van der Waals surface area contributed by atoms with Gasteiger partial charge < -0.3 is 5.32 Å². The predicted molar refractivity (Wildman–Crippen MR) is 135 cm³/mol. The largest absolute Gasteiger partial charge is 0.350 e. The van der Waals surface area contributed by atoms with Gasteiger partial charge in [0.05, 0.1) is 15.9 Å². The number of nitrogens with one attached hydrogen (secondary N) is 2. The van der Waals surface area contributed by atoms with Crippen molar-refractivity contribution in [1.82, 2.24) is 10.2 Å². The number of amides is 1. The van der Waals surface area contributed by atoms with Crippen LogP contribution >= 0.6 is 0 Å². The molecule has 0 saturated heterocycles. The molecule has 3 aromatic carbocycles. The van der Waals surface area contributed by atoms with Gasteiger partial charge >= 0.3 is 0 Å². The molecule has 1 unspecified atom stereocenters. The van der Waals surface area contributed by atoms with Crippen LogP contribution < -0.4 is 10.0 Å². The topological polar surface area (TPSA) is 122 Å². The second-order valence-corrected chi connectivity index (χ2v) is 9.48. The van der Waals surface area contributed by atoms with Gasteiger partial charge in [-0.2, -0.15) is 0 Å². The quantitative estimate of drug-likeness (QED) is 0.303. The number of anilines is 1. The van der Waals surface area contributed by atoms with Crippen LogP contribution in [-0.2, 0) is 10.0 Å². The summed E-state index contributed by atoms with van der Waals surface area (Å²) >= 11 is 0. The lowest BCUT2D eigenvalue weighted by Crippen LogP contribution is -2.38. The van der Waals surface area contributed by atoms with Gasteiger partial charge in [0, 0.05) is 29.9 Å². The summed E-state index contributed by atoms with van der Waals surface area (Å²) in [5.74, 6) is -0.272. The highest BCUT2D eigenvalue weighted by Crippen LogP contribution is 2.22. The van der Waals surface area contributed by atoms with Gasteiger partial charge in [0.25, 0.3) is 21.6 Å². The first-order valence-corrected chi connectivity index (χ1v) is 12.7. The van der Waals surface area contributed by atoms with Gasteiger partial charge in [-0.3, -0.25) is 24.5 Å². The van der Waals surface area contributed by atoms with E-state index in [1.54, 1.807) is 0 Å². The number of hydrogen-bond acceptors (Lipinski definition) is 6. The Morgan fingerprint density at radius 3 is 2.23 bits per heavy atom. The van der Waals surface area contributed by atoms with Crippen molar-refractivity contribution in [3.05, 3.63) is 100 Å². The van der Waals surface area contributed by atoms with E-state index in [4.69, 9.17) is 0 Å². The molecule has 1 amide bonds. The van der Waals surface area contributed by atoms with Gasteiger partial charge in [-0.05, 0) is 49.0 Å². The number of carbonyl (C=O) groups excluding carboxylic acids is 1. The molecular weight excluding hydrogens is 468 g/mol. The van der Waals surface area contributed by atoms with Gasteiger partial charge in [0.1, 0.15) is 0 Å². The minimum atomic E-state index is -4.03. The van der Waals surface area contributed by atoms with Gasteiger partial charge in [-0.1, -0.05) is 50.2 Å². The Bertz CT molecular complexity index is 1260. The zero-order chi connectivity index (χ0) is 25.4. The van der Waals surface area contributed by atoms with Crippen molar-refractivity contribution in [2.24, 2.45) is 0 Å². The van der Waals surface area contributed by atoms with Crippen molar-refractivity contribution < 1.29 is 18.1 Å². The number of hydrogen-bond donors (Lipinski definition) is 2. The smallest absolute Gasteiger partial charge is 0.270 e. The maximum absolute atomic E-state index is 12.8. The Labute approximate surface area is 205 Å². The third-order valence-electron chi connectivity index (χ3n) is 5.63. The number of non-ortho nitro benzene ring substituents is 1. The summed E-state index contributed by atoms with van der Waals surface area (Å²) in [6, 6.07) is 20.8. The van der Waals surface area contributed by atoms with E-state index in [0.29, 0.717) is 12.1 Å². The molecule has 1 atom stereocenters. The summed E-state index contributed by atoms with van der Waals surface area (Å²) in [4.78, 5) is 25.1. The molecule has 2 N–H and O–H groups in total. The molecule has 0 spiro atoms. The number of rotatable bonds is 11. The molecule has 0 fully saturated rings. The Hall–Kier alpha value is -3.76. The molecule has 0 aromatic heterocycles.